The van der Waals surface area contributed by atoms with Crippen molar-refractivity contribution in [3.05, 3.63) is 84.4 Å². The Morgan fingerprint density at radius 1 is 0.591 bits per heavy atom. The maximum atomic E-state index is 2.33. The molecular formula is C22H22. The Hall–Kier alpha value is -2.34. The van der Waals surface area contributed by atoms with Gasteiger partial charge in [-0.05, 0) is 46.7 Å². The molecule has 0 atom stereocenters. The molecule has 0 aromatic heterocycles. The SMILES string of the molecule is CCCCc1cccc(-c2cccc(-c3ccccc3)c2)c1. The Morgan fingerprint density at radius 2 is 1.18 bits per heavy atom. The van der Waals surface area contributed by atoms with E-state index in [1.165, 1.54) is 47.1 Å². The van der Waals surface area contributed by atoms with Crippen molar-refractivity contribution >= 4 is 0 Å². The first-order valence-electron chi connectivity index (χ1n) is 8.11. The maximum absolute atomic E-state index is 2.33. The molecule has 0 bridgehead atoms. The van der Waals surface area contributed by atoms with E-state index in [4.69, 9.17) is 0 Å². The van der Waals surface area contributed by atoms with Crippen molar-refractivity contribution in [2.75, 3.05) is 0 Å². The smallest absolute Gasteiger partial charge is 0.0178 e. The normalized spacial score (nSPS) is 10.6. The molecule has 0 heteroatoms. The molecule has 0 amide bonds. The summed E-state index contributed by atoms with van der Waals surface area (Å²) in [6.07, 6.45) is 3.67. The fourth-order valence-corrected chi connectivity index (χ4v) is 2.80. The fraction of sp³-hybridized carbons (Fsp3) is 0.182. The van der Waals surface area contributed by atoms with Gasteiger partial charge < -0.3 is 0 Å². The predicted octanol–water partition coefficient (Wildman–Crippen LogP) is 6.36. The molecule has 0 N–H and O–H groups in total. The van der Waals surface area contributed by atoms with Crippen LogP contribution in [0, 0.1) is 0 Å². The number of hydrogen-bond acceptors (Lipinski definition) is 0. The fourth-order valence-electron chi connectivity index (χ4n) is 2.80. The summed E-state index contributed by atoms with van der Waals surface area (Å²) in [4.78, 5) is 0. The third-order valence-electron chi connectivity index (χ3n) is 4.05. The third-order valence-corrected chi connectivity index (χ3v) is 4.05. The van der Waals surface area contributed by atoms with Crippen LogP contribution in [0.25, 0.3) is 22.3 Å². The van der Waals surface area contributed by atoms with Gasteiger partial charge in [0.15, 0.2) is 0 Å². The Bertz CT molecular complexity index is 726. The minimum Gasteiger partial charge on any atom is -0.0654 e. The zero-order valence-corrected chi connectivity index (χ0v) is 13.1. The first-order chi connectivity index (χ1) is 10.9. The van der Waals surface area contributed by atoms with Crippen molar-refractivity contribution in [1.82, 2.24) is 0 Å². The van der Waals surface area contributed by atoms with Crippen LogP contribution in [-0.2, 0) is 6.42 Å². The highest BCUT2D eigenvalue weighted by Crippen LogP contribution is 2.27. The molecular weight excluding hydrogens is 264 g/mol. The molecule has 0 fully saturated rings. The summed E-state index contributed by atoms with van der Waals surface area (Å²) in [7, 11) is 0. The zero-order valence-electron chi connectivity index (χ0n) is 13.1. The van der Waals surface area contributed by atoms with Gasteiger partial charge in [-0.3, -0.25) is 0 Å². The predicted molar refractivity (Wildman–Crippen MR) is 95.9 cm³/mol. The van der Waals surface area contributed by atoms with Gasteiger partial charge in [0.05, 0.1) is 0 Å². The van der Waals surface area contributed by atoms with Gasteiger partial charge in [0.25, 0.3) is 0 Å². The minimum atomic E-state index is 1.17. The largest absolute Gasteiger partial charge is 0.0654 e. The van der Waals surface area contributed by atoms with E-state index in [1.807, 2.05) is 0 Å². The maximum Gasteiger partial charge on any atom is -0.0178 e. The molecule has 0 aliphatic rings. The lowest BCUT2D eigenvalue weighted by molar-refractivity contribution is 0.795. The van der Waals surface area contributed by atoms with Crippen LogP contribution in [0.4, 0.5) is 0 Å². The number of rotatable bonds is 5. The van der Waals surface area contributed by atoms with Gasteiger partial charge >= 0.3 is 0 Å². The molecule has 0 saturated heterocycles. The van der Waals surface area contributed by atoms with Crippen LogP contribution in [0.1, 0.15) is 25.3 Å². The second kappa shape index (κ2) is 7.09. The van der Waals surface area contributed by atoms with Crippen LogP contribution >= 0.6 is 0 Å². The molecule has 3 rings (SSSR count). The summed E-state index contributed by atoms with van der Waals surface area (Å²) in [5.74, 6) is 0. The van der Waals surface area contributed by atoms with Crippen molar-refractivity contribution in [3.8, 4) is 22.3 Å². The van der Waals surface area contributed by atoms with Crippen molar-refractivity contribution in [3.63, 3.8) is 0 Å². The highest BCUT2D eigenvalue weighted by atomic mass is 14.1. The summed E-state index contributed by atoms with van der Waals surface area (Å²) >= 11 is 0. The minimum absolute atomic E-state index is 1.17. The van der Waals surface area contributed by atoms with E-state index in [1.54, 1.807) is 0 Å². The third kappa shape index (κ3) is 3.46. The van der Waals surface area contributed by atoms with Gasteiger partial charge in [-0.15, -0.1) is 0 Å². The highest BCUT2D eigenvalue weighted by molar-refractivity contribution is 5.73. The molecule has 22 heavy (non-hydrogen) atoms. The Labute approximate surface area is 133 Å². The second-order valence-electron chi connectivity index (χ2n) is 5.75. The van der Waals surface area contributed by atoms with Gasteiger partial charge in [0.2, 0.25) is 0 Å². The van der Waals surface area contributed by atoms with E-state index in [0.29, 0.717) is 0 Å². The average molecular weight is 286 g/mol. The van der Waals surface area contributed by atoms with Crippen LogP contribution in [-0.4, -0.2) is 0 Å². The molecule has 0 aliphatic heterocycles. The van der Waals surface area contributed by atoms with Gasteiger partial charge in [-0.2, -0.15) is 0 Å². The van der Waals surface area contributed by atoms with Gasteiger partial charge in [-0.1, -0.05) is 86.1 Å². The average Bonchev–Trinajstić information content (AvgIpc) is 2.61. The molecule has 110 valence electrons. The molecule has 0 aliphatic carbocycles. The Kier molecular flexibility index (Phi) is 4.70. The molecule has 3 aromatic rings. The van der Waals surface area contributed by atoms with Crippen LogP contribution in [0.2, 0.25) is 0 Å². The van der Waals surface area contributed by atoms with E-state index in [9.17, 15) is 0 Å². The Balaban J connectivity index is 1.92. The molecule has 0 nitrogen and oxygen atoms in total. The van der Waals surface area contributed by atoms with Crippen LogP contribution in [0.5, 0.6) is 0 Å². The van der Waals surface area contributed by atoms with E-state index in [2.05, 4.69) is 85.8 Å². The molecule has 0 heterocycles. The van der Waals surface area contributed by atoms with Crippen LogP contribution in [0.15, 0.2) is 78.9 Å². The monoisotopic (exact) mass is 286 g/mol. The number of unbranched alkanes of at least 4 members (excludes halogenated alkanes) is 1. The van der Waals surface area contributed by atoms with Crippen LogP contribution in [0.3, 0.4) is 0 Å². The molecule has 0 saturated carbocycles. The topological polar surface area (TPSA) is 0 Å². The lowest BCUT2D eigenvalue weighted by Gasteiger charge is -2.08. The number of aryl methyl sites for hydroxylation is 1. The zero-order chi connectivity index (χ0) is 15.2. The van der Waals surface area contributed by atoms with Crippen molar-refractivity contribution in [2.24, 2.45) is 0 Å². The number of hydrogen-bond donors (Lipinski definition) is 0. The van der Waals surface area contributed by atoms with Crippen molar-refractivity contribution in [1.29, 1.82) is 0 Å². The van der Waals surface area contributed by atoms with E-state index in [-0.39, 0.29) is 0 Å². The van der Waals surface area contributed by atoms with Crippen molar-refractivity contribution < 1.29 is 0 Å². The lowest BCUT2D eigenvalue weighted by Crippen LogP contribution is -1.86. The summed E-state index contributed by atoms with van der Waals surface area (Å²) < 4.78 is 0. The van der Waals surface area contributed by atoms with Crippen molar-refractivity contribution in [2.45, 2.75) is 26.2 Å². The number of benzene rings is 3. The lowest BCUT2D eigenvalue weighted by atomic mass is 9.97. The molecule has 0 radical (unpaired) electrons. The highest BCUT2D eigenvalue weighted by Gasteiger charge is 2.02. The molecule has 0 unspecified atom stereocenters. The van der Waals surface area contributed by atoms with Gasteiger partial charge in [-0.25, -0.2) is 0 Å². The van der Waals surface area contributed by atoms with Crippen LogP contribution < -0.4 is 0 Å². The first kappa shape index (κ1) is 14.6. The summed E-state index contributed by atoms with van der Waals surface area (Å²) in [6, 6.07) is 28.3. The van der Waals surface area contributed by atoms with E-state index in [0.717, 1.165) is 0 Å². The first-order valence-corrected chi connectivity index (χ1v) is 8.11. The van der Waals surface area contributed by atoms with E-state index < -0.39 is 0 Å². The van der Waals surface area contributed by atoms with Gasteiger partial charge in [0.1, 0.15) is 0 Å². The summed E-state index contributed by atoms with van der Waals surface area (Å²) in [5.41, 5.74) is 6.58. The van der Waals surface area contributed by atoms with Gasteiger partial charge in [0, 0.05) is 0 Å². The summed E-state index contributed by atoms with van der Waals surface area (Å²) in [5, 5.41) is 0. The second-order valence-corrected chi connectivity index (χ2v) is 5.75. The summed E-state index contributed by atoms with van der Waals surface area (Å²) in [6.45, 7) is 2.24. The standard InChI is InChI=1S/C22H22/c1-2-3-9-18-10-7-13-20(16-18)22-15-8-14-21(17-22)19-11-5-4-6-12-19/h4-8,10-17H,2-3,9H2,1H3. The quantitative estimate of drug-likeness (QED) is 0.511. The molecule has 0 spiro atoms. The molecule has 3 aromatic carbocycles. The van der Waals surface area contributed by atoms with E-state index >= 15 is 0 Å². The Morgan fingerprint density at radius 3 is 1.91 bits per heavy atom.